The molecule has 0 spiro atoms. The minimum atomic E-state index is -0.412. The summed E-state index contributed by atoms with van der Waals surface area (Å²) in [5, 5.41) is 6.70. The van der Waals surface area contributed by atoms with Crippen molar-refractivity contribution < 1.29 is 19.1 Å². The van der Waals surface area contributed by atoms with E-state index in [1.165, 1.54) is 26.2 Å². The van der Waals surface area contributed by atoms with E-state index in [0.29, 0.717) is 47.8 Å². The largest absolute Gasteiger partial charge is 0.462 e. The third-order valence-corrected chi connectivity index (χ3v) is 5.82. The molecule has 1 aliphatic carbocycles. The Morgan fingerprint density at radius 2 is 1.84 bits per heavy atom. The zero-order valence-corrected chi connectivity index (χ0v) is 19.5. The van der Waals surface area contributed by atoms with Crippen LogP contribution < -0.4 is 10.6 Å². The lowest BCUT2D eigenvalue weighted by molar-refractivity contribution is -0.114. The number of rotatable bonds is 9. The van der Waals surface area contributed by atoms with Gasteiger partial charge in [0.1, 0.15) is 0 Å². The van der Waals surface area contributed by atoms with Gasteiger partial charge in [-0.2, -0.15) is 0 Å². The van der Waals surface area contributed by atoms with E-state index >= 15 is 0 Å². The first-order valence-corrected chi connectivity index (χ1v) is 11.6. The zero-order chi connectivity index (χ0) is 22.9. The molecule has 3 rings (SSSR count). The molecule has 0 heterocycles. The predicted octanol–water partition coefficient (Wildman–Crippen LogP) is 5.94. The number of esters is 1. The third-order valence-electron chi connectivity index (χ3n) is 5.47. The molecule has 2 aromatic carbocycles. The van der Waals surface area contributed by atoms with Crippen LogP contribution in [0.2, 0.25) is 5.02 Å². The quantitative estimate of drug-likeness (QED) is 0.455. The summed E-state index contributed by atoms with van der Waals surface area (Å²) in [6, 6.07) is 10.9. The number of anilines is 2. The molecule has 1 aliphatic rings. The lowest BCUT2D eigenvalue weighted by atomic mass is 9.98. The van der Waals surface area contributed by atoms with Gasteiger partial charge in [-0.05, 0) is 55.2 Å². The fraction of sp³-hybridized carbons (Fsp3) is 0.440. The number of ether oxygens (including phenoxy) is 2. The SMILES string of the molecule is CCOC(=O)c1ccc(NC(C)=O)c(NCc2ccc(COC3CCCCC3)cc2Cl)c1. The molecule has 1 fully saturated rings. The van der Waals surface area contributed by atoms with Crippen molar-refractivity contribution in [2.24, 2.45) is 0 Å². The number of halogens is 1. The molecule has 0 bridgehead atoms. The van der Waals surface area contributed by atoms with Crippen LogP contribution in [0.5, 0.6) is 0 Å². The average molecular weight is 459 g/mol. The molecule has 2 aromatic rings. The summed E-state index contributed by atoms with van der Waals surface area (Å²) in [7, 11) is 0. The van der Waals surface area contributed by atoms with Gasteiger partial charge in [0.25, 0.3) is 0 Å². The number of nitrogens with one attached hydrogen (secondary N) is 2. The van der Waals surface area contributed by atoms with E-state index < -0.39 is 5.97 Å². The Bertz CT molecular complexity index is 942. The minimum Gasteiger partial charge on any atom is -0.462 e. The second-order valence-corrected chi connectivity index (χ2v) is 8.42. The monoisotopic (exact) mass is 458 g/mol. The van der Waals surface area contributed by atoms with E-state index in [2.05, 4.69) is 10.6 Å². The predicted molar refractivity (Wildman–Crippen MR) is 127 cm³/mol. The van der Waals surface area contributed by atoms with Crippen molar-refractivity contribution in [2.45, 2.75) is 65.2 Å². The van der Waals surface area contributed by atoms with Gasteiger partial charge in [-0.3, -0.25) is 4.79 Å². The summed E-state index contributed by atoms with van der Waals surface area (Å²) >= 11 is 6.52. The molecule has 1 amide bonds. The summed E-state index contributed by atoms with van der Waals surface area (Å²) < 4.78 is 11.1. The van der Waals surface area contributed by atoms with Gasteiger partial charge in [-0.25, -0.2) is 4.79 Å². The molecule has 32 heavy (non-hydrogen) atoms. The zero-order valence-electron chi connectivity index (χ0n) is 18.7. The highest BCUT2D eigenvalue weighted by atomic mass is 35.5. The van der Waals surface area contributed by atoms with Gasteiger partial charge < -0.3 is 20.1 Å². The molecule has 0 unspecified atom stereocenters. The van der Waals surface area contributed by atoms with Gasteiger partial charge in [0, 0.05) is 18.5 Å². The molecule has 0 aliphatic heterocycles. The molecule has 7 heteroatoms. The fourth-order valence-corrected chi connectivity index (χ4v) is 4.06. The molecule has 0 saturated heterocycles. The maximum atomic E-state index is 12.1. The summed E-state index contributed by atoms with van der Waals surface area (Å²) in [6.07, 6.45) is 6.42. The highest BCUT2D eigenvalue weighted by Crippen LogP contribution is 2.27. The molecule has 0 radical (unpaired) electrons. The van der Waals surface area contributed by atoms with Gasteiger partial charge in [-0.15, -0.1) is 0 Å². The smallest absolute Gasteiger partial charge is 0.338 e. The van der Waals surface area contributed by atoms with E-state index in [0.717, 1.165) is 24.0 Å². The number of benzene rings is 2. The van der Waals surface area contributed by atoms with Crippen LogP contribution >= 0.6 is 11.6 Å². The molecule has 1 saturated carbocycles. The molecule has 2 N–H and O–H groups in total. The van der Waals surface area contributed by atoms with E-state index in [4.69, 9.17) is 21.1 Å². The molecular formula is C25H31ClN2O4. The fourth-order valence-electron chi connectivity index (χ4n) is 3.79. The van der Waals surface area contributed by atoms with Crippen LogP contribution in [0.4, 0.5) is 11.4 Å². The van der Waals surface area contributed by atoms with Gasteiger partial charge in [0.05, 0.1) is 36.3 Å². The molecule has 0 aromatic heterocycles. The van der Waals surface area contributed by atoms with Crippen LogP contribution in [0, 0.1) is 0 Å². The molecule has 6 nitrogen and oxygen atoms in total. The van der Waals surface area contributed by atoms with Crippen molar-refractivity contribution in [3.8, 4) is 0 Å². The third kappa shape index (κ3) is 6.97. The molecular weight excluding hydrogens is 428 g/mol. The van der Waals surface area contributed by atoms with Gasteiger partial charge in [-0.1, -0.05) is 43.0 Å². The summed E-state index contributed by atoms with van der Waals surface area (Å²) in [6.45, 7) is 4.48. The van der Waals surface area contributed by atoms with Crippen molar-refractivity contribution in [1.82, 2.24) is 0 Å². The Morgan fingerprint density at radius 1 is 1.06 bits per heavy atom. The summed E-state index contributed by atoms with van der Waals surface area (Å²) in [5.41, 5.74) is 3.56. The second-order valence-electron chi connectivity index (χ2n) is 8.01. The van der Waals surface area contributed by atoms with Crippen molar-refractivity contribution >= 4 is 34.9 Å². The van der Waals surface area contributed by atoms with Crippen molar-refractivity contribution in [2.75, 3.05) is 17.2 Å². The van der Waals surface area contributed by atoms with Crippen LogP contribution in [0.3, 0.4) is 0 Å². The lowest BCUT2D eigenvalue weighted by Crippen LogP contribution is -2.16. The van der Waals surface area contributed by atoms with Gasteiger partial charge in [0.2, 0.25) is 5.91 Å². The van der Waals surface area contributed by atoms with E-state index in [1.54, 1.807) is 25.1 Å². The average Bonchev–Trinajstić information content (AvgIpc) is 2.78. The Morgan fingerprint density at radius 3 is 2.53 bits per heavy atom. The highest BCUT2D eigenvalue weighted by molar-refractivity contribution is 6.31. The van der Waals surface area contributed by atoms with Crippen LogP contribution in [0.15, 0.2) is 36.4 Å². The van der Waals surface area contributed by atoms with Crippen LogP contribution in [-0.4, -0.2) is 24.6 Å². The topological polar surface area (TPSA) is 76.7 Å². The summed E-state index contributed by atoms with van der Waals surface area (Å²) in [5.74, 6) is -0.609. The van der Waals surface area contributed by atoms with Crippen LogP contribution in [-0.2, 0) is 27.4 Å². The van der Waals surface area contributed by atoms with Gasteiger partial charge in [0.15, 0.2) is 0 Å². The standard InChI is InChI=1S/C25H31ClN2O4/c1-3-31-25(30)19-11-12-23(28-17(2)29)24(14-19)27-15-20-10-9-18(13-22(20)26)16-32-21-7-5-4-6-8-21/h9-14,21,27H,3-8,15-16H2,1-2H3,(H,28,29). The van der Waals surface area contributed by atoms with Crippen molar-refractivity contribution in [1.29, 1.82) is 0 Å². The number of carbonyl (C=O) groups is 2. The van der Waals surface area contributed by atoms with Gasteiger partial charge >= 0.3 is 5.97 Å². The van der Waals surface area contributed by atoms with E-state index in [1.807, 2.05) is 18.2 Å². The molecule has 0 atom stereocenters. The molecule has 172 valence electrons. The van der Waals surface area contributed by atoms with Crippen LogP contribution in [0.25, 0.3) is 0 Å². The van der Waals surface area contributed by atoms with Crippen LogP contribution in [0.1, 0.15) is 67.4 Å². The maximum absolute atomic E-state index is 12.1. The normalized spacial score (nSPS) is 14.1. The Hall–Kier alpha value is -2.57. The number of carbonyl (C=O) groups excluding carboxylic acids is 2. The Balaban J connectivity index is 1.67. The Kier molecular flexibility index (Phi) is 8.94. The first kappa shape index (κ1) is 24.1. The van der Waals surface area contributed by atoms with Crippen molar-refractivity contribution in [3.05, 3.63) is 58.1 Å². The first-order chi connectivity index (χ1) is 15.5. The first-order valence-electron chi connectivity index (χ1n) is 11.2. The van der Waals surface area contributed by atoms with E-state index in [9.17, 15) is 9.59 Å². The number of hydrogen-bond acceptors (Lipinski definition) is 5. The second kappa shape index (κ2) is 11.9. The van der Waals surface area contributed by atoms with Crippen molar-refractivity contribution in [3.63, 3.8) is 0 Å². The lowest BCUT2D eigenvalue weighted by Gasteiger charge is -2.22. The minimum absolute atomic E-state index is 0.197. The number of amides is 1. The number of hydrogen-bond donors (Lipinski definition) is 2. The maximum Gasteiger partial charge on any atom is 0.338 e. The Labute approximate surface area is 194 Å². The summed E-state index contributed by atoms with van der Waals surface area (Å²) in [4.78, 5) is 23.7. The highest BCUT2D eigenvalue weighted by Gasteiger charge is 2.15. The van der Waals surface area contributed by atoms with E-state index in [-0.39, 0.29) is 5.91 Å².